The van der Waals surface area contributed by atoms with Crippen LogP contribution in [0, 0.1) is 0 Å². The van der Waals surface area contributed by atoms with Gasteiger partial charge in [0.25, 0.3) is 11.1 Å². The lowest BCUT2D eigenvalue weighted by Crippen LogP contribution is -2.44. The highest BCUT2D eigenvalue weighted by molar-refractivity contribution is 8.18. The van der Waals surface area contributed by atoms with E-state index in [1.165, 1.54) is 31.4 Å². The molecule has 0 bridgehead atoms. The first-order valence-electron chi connectivity index (χ1n) is 9.05. The molecule has 2 saturated heterocycles. The van der Waals surface area contributed by atoms with E-state index in [4.69, 9.17) is 4.74 Å². The summed E-state index contributed by atoms with van der Waals surface area (Å²) in [6, 6.07) is 4.18. The minimum atomic E-state index is -3.00. The van der Waals surface area contributed by atoms with Gasteiger partial charge in [0.1, 0.15) is 6.54 Å². The number of carbonyl (C=O) groups is 3. The minimum Gasteiger partial charge on any atom is -0.493 e. The first kappa shape index (κ1) is 21.1. The van der Waals surface area contributed by atoms with Gasteiger partial charge in [-0.2, -0.15) is 8.78 Å². The molecule has 1 aromatic rings. The van der Waals surface area contributed by atoms with Crippen LogP contribution in [-0.2, 0) is 9.59 Å². The summed E-state index contributed by atoms with van der Waals surface area (Å²) in [5.41, 5.74) is 0.469. The van der Waals surface area contributed by atoms with Crippen molar-refractivity contribution in [2.45, 2.75) is 25.9 Å². The van der Waals surface area contributed by atoms with Gasteiger partial charge in [-0.15, -0.1) is 0 Å². The molecule has 0 saturated carbocycles. The van der Waals surface area contributed by atoms with Crippen LogP contribution in [0.15, 0.2) is 23.1 Å². The third-order valence-corrected chi connectivity index (χ3v) is 5.48. The number of alkyl halides is 2. The molecule has 0 unspecified atom stereocenters. The number of halogens is 2. The third kappa shape index (κ3) is 5.06. The maximum atomic E-state index is 12.6. The number of benzene rings is 1. The van der Waals surface area contributed by atoms with E-state index in [1.807, 2.05) is 0 Å². The lowest BCUT2D eigenvalue weighted by atomic mass is 10.1. The Labute approximate surface area is 170 Å². The third-order valence-electron chi connectivity index (χ3n) is 4.58. The number of hydrogen-bond acceptors (Lipinski definition) is 6. The van der Waals surface area contributed by atoms with Crippen LogP contribution in [0.2, 0.25) is 0 Å². The van der Waals surface area contributed by atoms with Crippen LogP contribution in [0.4, 0.5) is 13.6 Å². The number of methoxy groups -OCH3 is 1. The van der Waals surface area contributed by atoms with Crippen LogP contribution in [-0.4, -0.2) is 60.2 Å². The number of imide groups is 1. The molecule has 0 spiro atoms. The molecule has 0 aromatic heterocycles. The predicted octanol–water partition coefficient (Wildman–Crippen LogP) is 3.35. The molecule has 2 aliphatic heterocycles. The molecule has 7 nitrogen and oxygen atoms in total. The highest BCUT2D eigenvalue weighted by atomic mass is 32.2. The molecule has 3 amide bonds. The Hall–Kier alpha value is -2.62. The fourth-order valence-corrected chi connectivity index (χ4v) is 3.97. The average molecular weight is 426 g/mol. The van der Waals surface area contributed by atoms with Crippen LogP contribution in [0.1, 0.15) is 24.8 Å². The second kappa shape index (κ2) is 9.25. The smallest absolute Gasteiger partial charge is 0.387 e. The Bertz CT molecular complexity index is 840. The van der Waals surface area contributed by atoms with Gasteiger partial charge in [-0.25, -0.2) is 0 Å². The highest BCUT2D eigenvalue weighted by Crippen LogP contribution is 2.35. The fraction of sp³-hybridized carbons (Fsp3) is 0.421. The number of thioether (sulfide) groups is 1. The summed E-state index contributed by atoms with van der Waals surface area (Å²) < 4.78 is 34.3. The van der Waals surface area contributed by atoms with Crippen molar-refractivity contribution in [1.82, 2.24) is 9.80 Å². The molecule has 0 atom stereocenters. The molecular formula is C19H20F2N2O5S. The summed E-state index contributed by atoms with van der Waals surface area (Å²) in [7, 11) is 1.30. The van der Waals surface area contributed by atoms with Gasteiger partial charge in [0.2, 0.25) is 5.91 Å². The summed E-state index contributed by atoms with van der Waals surface area (Å²) in [5, 5.41) is -0.517. The molecule has 10 heteroatoms. The molecule has 2 fully saturated rings. The molecule has 29 heavy (non-hydrogen) atoms. The lowest BCUT2D eigenvalue weighted by molar-refractivity contribution is -0.136. The number of amides is 3. The molecule has 2 aliphatic rings. The summed E-state index contributed by atoms with van der Waals surface area (Å²) in [6.07, 6.45) is 4.35. The van der Waals surface area contributed by atoms with Gasteiger partial charge in [0.15, 0.2) is 11.5 Å². The SMILES string of the molecule is COc1cc(/C=C2\SC(=O)N(CC(=O)N3CCCCC3)C2=O)ccc1OC(F)F. The predicted molar refractivity (Wildman–Crippen MR) is 103 cm³/mol. The van der Waals surface area contributed by atoms with E-state index >= 15 is 0 Å². The summed E-state index contributed by atoms with van der Waals surface area (Å²) in [5.74, 6) is -0.876. The minimum absolute atomic E-state index is 0.0681. The summed E-state index contributed by atoms with van der Waals surface area (Å²) in [6.45, 7) is -2.01. The number of likely N-dealkylation sites (tertiary alicyclic amines) is 1. The number of ether oxygens (including phenoxy) is 2. The van der Waals surface area contributed by atoms with E-state index in [1.54, 1.807) is 4.90 Å². The van der Waals surface area contributed by atoms with Gasteiger partial charge < -0.3 is 14.4 Å². The van der Waals surface area contributed by atoms with Gasteiger partial charge in [0, 0.05) is 13.1 Å². The van der Waals surface area contributed by atoms with E-state index in [0.717, 1.165) is 35.9 Å². The Balaban J connectivity index is 1.73. The van der Waals surface area contributed by atoms with E-state index in [0.29, 0.717) is 18.7 Å². The van der Waals surface area contributed by atoms with Crippen molar-refractivity contribution in [2.24, 2.45) is 0 Å². The highest BCUT2D eigenvalue weighted by Gasteiger charge is 2.37. The fourth-order valence-electron chi connectivity index (χ4n) is 3.13. The Morgan fingerprint density at radius 1 is 1.21 bits per heavy atom. The van der Waals surface area contributed by atoms with Crippen molar-refractivity contribution < 1.29 is 32.6 Å². The molecule has 3 rings (SSSR count). The Kier molecular flexibility index (Phi) is 6.73. The van der Waals surface area contributed by atoms with Crippen molar-refractivity contribution in [2.75, 3.05) is 26.7 Å². The zero-order valence-corrected chi connectivity index (χ0v) is 16.5. The Morgan fingerprint density at radius 2 is 1.93 bits per heavy atom. The average Bonchev–Trinajstić information content (AvgIpc) is 2.96. The van der Waals surface area contributed by atoms with E-state index < -0.39 is 17.8 Å². The van der Waals surface area contributed by atoms with Crippen LogP contribution in [0.25, 0.3) is 6.08 Å². The molecule has 0 radical (unpaired) electrons. The number of nitrogens with zero attached hydrogens (tertiary/aromatic N) is 2. The van der Waals surface area contributed by atoms with Crippen LogP contribution in [0.5, 0.6) is 11.5 Å². The summed E-state index contributed by atoms with van der Waals surface area (Å²) in [4.78, 5) is 39.9. The zero-order valence-electron chi connectivity index (χ0n) is 15.7. The molecule has 156 valence electrons. The van der Waals surface area contributed by atoms with Crippen molar-refractivity contribution in [3.63, 3.8) is 0 Å². The van der Waals surface area contributed by atoms with E-state index in [-0.39, 0.29) is 28.9 Å². The number of hydrogen-bond donors (Lipinski definition) is 0. The molecule has 0 aliphatic carbocycles. The molecule has 1 aromatic carbocycles. The maximum absolute atomic E-state index is 12.6. The van der Waals surface area contributed by atoms with Crippen LogP contribution in [0.3, 0.4) is 0 Å². The summed E-state index contributed by atoms with van der Waals surface area (Å²) >= 11 is 0.729. The van der Waals surface area contributed by atoms with Crippen molar-refractivity contribution >= 4 is 34.9 Å². The van der Waals surface area contributed by atoms with E-state index in [9.17, 15) is 23.2 Å². The van der Waals surface area contributed by atoms with Crippen molar-refractivity contribution in [3.05, 3.63) is 28.7 Å². The maximum Gasteiger partial charge on any atom is 0.387 e. The van der Waals surface area contributed by atoms with Crippen molar-refractivity contribution in [1.29, 1.82) is 0 Å². The zero-order chi connectivity index (χ0) is 21.0. The topological polar surface area (TPSA) is 76.2 Å². The Morgan fingerprint density at radius 3 is 2.59 bits per heavy atom. The first-order chi connectivity index (χ1) is 13.9. The normalized spacial score (nSPS) is 18.7. The second-order valence-electron chi connectivity index (χ2n) is 6.50. The van der Waals surface area contributed by atoms with Crippen LogP contribution < -0.4 is 9.47 Å². The van der Waals surface area contributed by atoms with Gasteiger partial charge in [0.05, 0.1) is 12.0 Å². The monoisotopic (exact) mass is 426 g/mol. The first-order valence-corrected chi connectivity index (χ1v) is 9.86. The number of piperidine rings is 1. The lowest BCUT2D eigenvalue weighted by Gasteiger charge is -2.27. The van der Waals surface area contributed by atoms with E-state index in [2.05, 4.69) is 4.74 Å². The van der Waals surface area contributed by atoms with Crippen LogP contribution >= 0.6 is 11.8 Å². The molecular weight excluding hydrogens is 406 g/mol. The largest absolute Gasteiger partial charge is 0.493 e. The van der Waals surface area contributed by atoms with Crippen molar-refractivity contribution in [3.8, 4) is 11.5 Å². The quantitative estimate of drug-likeness (QED) is 0.650. The number of carbonyl (C=O) groups excluding carboxylic acids is 3. The van der Waals surface area contributed by atoms with Gasteiger partial charge in [-0.3, -0.25) is 19.3 Å². The molecule has 2 heterocycles. The second-order valence-corrected chi connectivity index (χ2v) is 7.49. The number of rotatable bonds is 6. The van der Waals surface area contributed by atoms with Gasteiger partial charge in [-0.05, 0) is 54.8 Å². The standard InChI is InChI=1S/C19H20F2N2O5S/c1-27-14-9-12(5-6-13(14)28-18(20)21)10-15-17(25)23(19(26)29-15)11-16(24)22-7-3-2-4-8-22/h5-6,9-10,18H,2-4,7-8,11H2,1H3/b15-10-. The molecule has 0 N–H and O–H groups in total. The van der Waals surface area contributed by atoms with Gasteiger partial charge >= 0.3 is 6.61 Å². The van der Waals surface area contributed by atoms with Gasteiger partial charge in [-0.1, -0.05) is 6.07 Å².